The summed E-state index contributed by atoms with van der Waals surface area (Å²) in [5.74, 6) is 1.80. The van der Waals surface area contributed by atoms with Crippen LogP contribution < -0.4 is 0 Å². The quantitative estimate of drug-likeness (QED) is 0.185. The van der Waals surface area contributed by atoms with Crippen LogP contribution in [0.4, 0.5) is 0 Å². The van der Waals surface area contributed by atoms with E-state index in [0.717, 1.165) is 49.8 Å². The van der Waals surface area contributed by atoms with Gasteiger partial charge in [0.2, 0.25) is 0 Å². The van der Waals surface area contributed by atoms with Gasteiger partial charge in [0.15, 0.2) is 17.5 Å². The lowest BCUT2D eigenvalue weighted by Gasteiger charge is -2.09. The summed E-state index contributed by atoms with van der Waals surface area (Å²) in [6, 6.07) is 56.7. The Morgan fingerprint density at radius 2 is 0.980 bits per heavy atom. The number of furan rings is 1. The van der Waals surface area contributed by atoms with Crippen molar-refractivity contribution in [3.63, 3.8) is 0 Å². The molecule has 7 aromatic carbocycles. The third kappa shape index (κ3) is 4.71. The second-order valence-electron chi connectivity index (χ2n) is 12.4. The van der Waals surface area contributed by atoms with Crippen LogP contribution in [0.2, 0.25) is 0 Å². The Hall–Kier alpha value is -6.43. The SMILES string of the molecule is c1ccc(-c2nc(-c3ccc4sc5c(-c6ccccc6)cccc5c4c3)nc(-c3cccc4c3oc3cccc(-c5ccccc5)c34)n2)cc1. The van der Waals surface area contributed by atoms with Gasteiger partial charge in [0.25, 0.3) is 0 Å². The topological polar surface area (TPSA) is 51.8 Å². The Kier molecular flexibility index (Phi) is 6.64. The summed E-state index contributed by atoms with van der Waals surface area (Å²) >= 11 is 1.82. The van der Waals surface area contributed by atoms with E-state index in [4.69, 9.17) is 19.4 Å². The summed E-state index contributed by atoms with van der Waals surface area (Å²) in [6.07, 6.45) is 0. The number of aromatic nitrogens is 3. The van der Waals surface area contributed by atoms with Gasteiger partial charge in [-0.1, -0.05) is 133 Å². The molecule has 0 saturated carbocycles. The second kappa shape index (κ2) is 11.6. The third-order valence-electron chi connectivity index (χ3n) is 9.36. The highest BCUT2D eigenvalue weighted by atomic mass is 32.1. The summed E-state index contributed by atoms with van der Waals surface area (Å²) in [7, 11) is 0. The van der Waals surface area contributed by atoms with Gasteiger partial charge in [-0.3, -0.25) is 0 Å². The number of fused-ring (bicyclic) bond motifs is 6. The normalized spacial score (nSPS) is 11.6. The molecule has 4 nitrogen and oxygen atoms in total. The van der Waals surface area contributed by atoms with Gasteiger partial charge in [0.1, 0.15) is 11.2 Å². The van der Waals surface area contributed by atoms with Crippen molar-refractivity contribution < 1.29 is 4.42 Å². The minimum atomic E-state index is 0.571. The van der Waals surface area contributed by atoms with E-state index in [1.807, 2.05) is 65.9 Å². The molecule has 0 fully saturated rings. The standard InChI is InChI=1S/C45H27N3OS/c1-4-13-28(14-5-1)32-19-12-24-38-40(32)35-22-11-23-36(41(35)49-38)45-47-43(30-17-8-3-9-18-30)46-44(48-45)31-25-26-39-37(27-31)34-21-10-20-33(42(34)50-39)29-15-6-2-7-16-29/h1-27H. The zero-order valence-corrected chi connectivity index (χ0v) is 27.6. The van der Waals surface area contributed by atoms with E-state index >= 15 is 0 Å². The Morgan fingerprint density at radius 1 is 0.400 bits per heavy atom. The molecular formula is C45H27N3OS. The van der Waals surface area contributed by atoms with Gasteiger partial charge in [-0.25, -0.2) is 15.0 Å². The number of hydrogen-bond donors (Lipinski definition) is 0. The lowest BCUT2D eigenvalue weighted by atomic mass is 9.99. The summed E-state index contributed by atoms with van der Waals surface area (Å²) in [6.45, 7) is 0. The monoisotopic (exact) mass is 657 g/mol. The highest BCUT2D eigenvalue weighted by molar-refractivity contribution is 7.26. The summed E-state index contributed by atoms with van der Waals surface area (Å²) in [5.41, 5.74) is 9.02. The zero-order chi connectivity index (χ0) is 33.0. The van der Waals surface area contributed by atoms with Crippen LogP contribution in [0.3, 0.4) is 0 Å². The Morgan fingerprint density at radius 3 is 1.72 bits per heavy atom. The molecular weight excluding hydrogens is 631 g/mol. The minimum absolute atomic E-state index is 0.571. The molecule has 234 valence electrons. The molecule has 50 heavy (non-hydrogen) atoms. The van der Waals surface area contributed by atoms with Crippen molar-refractivity contribution in [1.29, 1.82) is 0 Å². The first kappa shape index (κ1) is 28.6. The van der Waals surface area contributed by atoms with E-state index in [1.54, 1.807) is 0 Å². The first-order valence-corrected chi connectivity index (χ1v) is 17.4. The number of hydrogen-bond acceptors (Lipinski definition) is 5. The highest BCUT2D eigenvalue weighted by Gasteiger charge is 2.20. The van der Waals surface area contributed by atoms with Crippen molar-refractivity contribution in [3.05, 3.63) is 164 Å². The van der Waals surface area contributed by atoms with E-state index in [0.29, 0.717) is 17.5 Å². The molecule has 10 aromatic rings. The highest BCUT2D eigenvalue weighted by Crippen LogP contribution is 2.42. The summed E-state index contributed by atoms with van der Waals surface area (Å²) in [4.78, 5) is 15.3. The maximum atomic E-state index is 6.64. The average Bonchev–Trinajstić information content (AvgIpc) is 3.77. The van der Waals surface area contributed by atoms with Crippen molar-refractivity contribution in [1.82, 2.24) is 15.0 Å². The maximum Gasteiger partial charge on any atom is 0.167 e. The van der Waals surface area contributed by atoms with Crippen LogP contribution in [0, 0.1) is 0 Å². The van der Waals surface area contributed by atoms with Gasteiger partial charge in [-0.15, -0.1) is 11.3 Å². The number of rotatable bonds is 5. The molecule has 3 aromatic heterocycles. The van der Waals surface area contributed by atoms with Crippen LogP contribution in [-0.4, -0.2) is 15.0 Å². The Bertz CT molecular complexity index is 2860. The van der Waals surface area contributed by atoms with Crippen molar-refractivity contribution in [2.75, 3.05) is 0 Å². The number of benzene rings is 7. The smallest absolute Gasteiger partial charge is 0.167 e. The third-order valence-corrected chi connectivity index (χ3v) is 10.6. The van der Waals surface area contributed by atoms with Gasteiger partial charge >= 0.3 is 0 Å². The molecule has 0 unspecified atom stereocenters. The van der Waals surface area contributed by atoms with Crippen LogP contribution >= 0.6 is 11.3 Å². The van der Waals surface area contributed by atoms with Gasteiger partial charge < -0.3 is 4.42 Å². The van der Waals surface area contributed by atoms with Crippen LogP contribution in [0.15, 0.2) is 168 Å². The average molecular weight is 658 g/mol. The van der Waals surface area contributed by atoms with Gasteiger partial charge in [-0.05, 0) is 52.6 Å². The van der Waals surface area contributed by atoms with E-state index in [9.17, 15) is 0 Å². The van der Waals surface area contributed by atoms with Crippen LogP contribution in [-0.2, 0) is 0 Å². The molecule has 0 radical (unpaired) electrons. The van der Waals surface area contributed by atoms with E-state index < -0.39 is 0 Å². The largest absolute Gasteiger partial charge is 0.455 e. The molecule has 0 saturated heterocycles. The molecule has 0 N–H and O–H groups in total. The zero-order valence-electron chi connectivity index (χ0n) is 26.7. The predicted octanol–water partition coefficient (Wildman–Crippen LogP) is 12.5. The Balaban J connectivity index is 1.18. The van der Waals surface area contributed by atoms with Gasteiger partial charge in [-0.2, -0.15) is 0 Å². The molecule has 0 aliphatic rings. The maximum absolute atomic E-state index is 6.64. The molecule has 0 atom stereocenters. The fraction of sp³-hybridized carbons (Fsp3) is 0. The summed E-state index contributed by atoms with van der Waals surface area (Å²) in [5, 5.41) is 4.53. The van der Waals surface area contributed by atoms with Gasteiger partial charge in [0.05, 0.1) is 5.56 Å². The fourth-order valence-corrected chi connectivity index (χ4v) is 8.23. The molecule has 0 aliphatic carbocycles. The summed E-state index contributed by atoms with van der Waals surface area (Å²) < 4.78 is 9.14. The number of nitrogens with zero attached hydrogens (tertiary/aromatic N) is 3. The van der Waals surface area contributed by atoms with Crippen LogP contribution in [0.5, 0.6) is 0 Å². The first-order valence-electron chi connectivity index (χ1n) is 16.6. The Labute approximate surface area is 292 Å². The number of para-hydroxylation sites is 1. The molecule has 3 heterocycles. The van der Waals surface area contributed by atoms with E-state index in [1.165, 1.54) is 31.3 Å². The lowest BCUT2D eigenvalue weighted by Crippen LogP contribution is -2.00. The molecule has 10 rings (SSSR count). The minimum Gasteiger partial charge on any atom is -0.455 e. The molecule has 0 spiro atoms. The van der Waals surface area contributed by atoms with E-state index in [-0.39, 0.29) is 0 Å². The van der Waals surface area contributed by atoms with Gasteiger partial charge in [0, 0.05) is 42.1 Å². The second-order valence-corrected chi connectivity index (χ2v) is 13.4. The van der Waals surface area contributed by atoms with Crippen molar-refractivity contribution >= 4 is 53.4 Å². The van der Waals surface area contributed by atoms with Crippen molar-refractivity contribution in [2.45, 2.75) is 0 Å². The molecule has 0 bridgehead atoms. The number of thiophene rings is 1. The van der Waals surface area contributed by atoms with Crippen LogP contribution in [0.25, 0.3) is 98.5 Å². The molecule has 0 amide bonds. The van der Waals surface area contributed by atoms with Crippen molar-refractivity contribution in [2.24, 2.45) is 0 Å². The lowest BCUT2D eigenvalue weighted by molar-refractivity contribution is 0.669. The molecule has 5 heteroatoms. The van der Waals surface area contributed by atoms with E-state index in [2.05, 4.69) is 109 Å². The van der Waals surface area contributed by atoms with Crippen molar-refractivity contribution in [3.8, 4) is 56.4 Å². The predicted molar refractivity (Wildman–Crippen MR) is 207 cm³/mol. The fourth-order valence-electron chi connectivity index (χ4n) is 7.01. The van der Waals surface area contributed by atoms with Crippen LogP contribution in [0.1, 0.15) is 0 Å². The molecule has 0 aliphatic heterocycles. The first-order chi connectivity index (χ1) is 24.8.